The fourth-order valence-electron chi connectivity index (χ4n) is 2.26. The van der Waals surface area contributed by atoms with Crippen LogP contribution in [0.3, 0.4) is 0 Å². The summed E-state index contributed by atoms with van der Waals surface area (Å²) in [6, 6.07) is 0.255. The summed E-state index contributed by atoms with van der Waals surface area (Å²) in [7, 11) is 0. The number of rotatable bonds is 4. The Morgan fingerprint density at radius 3 is 2.72 bits per heavy atom. The van der Waals surface area contributed by atoms with E-state index in [4.69, 9.17) is 5.11 Å². The van der Waals surface area contributed by atoms with E-state index in [-0.39, 0.29) is 23.2 Å². The van der Waals surface area contributed by atoms with Crippen molar-refractivity contribution < 1.29 is 14.7 Å². The van der Waals surface area contributed by atoms with E-state index in [1.807, 2.05) is 0 Å². The lowest BCUT2D eigenvalue weighted by molar-refractivity contribution is -0.121. The maximum absolute atomic E-state index is 11.8. The van der Waals surface area contributed by atoms with Crippen LogP contribution in [0.4, 0.5) is 0 Å². The molecule has 1 aliphatic rings. The maximum Gasteiger partial charge on any atom is 0.347 e. The zero-order chi connectivity index (χ0) is 13.1. The Bertz CT molecular complexity index is 464. The molecule has 0 atom stereocenters. The predicted molar refractivity (Wildman–Crippen MR) is 67.9 cm³/mol. The number of amides is 1. The van der Waals surface area contributed by atoms with Gasteiger partial charge in [-0.15, -0.1) is 11.3 Å². The Balaban J connectivity index is 1.99. The molecule has 1 aromatic heterocycles. The highest BCUT2D eigenvalue weighted by Crippen LogP contribution is 2.20. The Morgan fingerprint density at radius 1 is 1.44 bits per heavy atom. The van der Waals surface area contributed by atoms with E-state index in [1.165, 1.54) is 0 Å². The summed E-state index contributed by atoms with van der Waals surface area (Å²) < 4.78 is 0. The molecule has 18 heavy (non-hydrogen) atoms. The molecule has 98 valence electrons. The molecule has 1 saturated carbocycles. The van der Waals surface area contributed by atoms with Gasteiger partial charge in [-0.2, -0.15) is 0 Å². The molecule has 0 aromatic carbocycles. The summed E-state index contributed by atoms with van der Waals surface area (Å²) >= 11 is 1.12. The predicted octanol–water partition coefficient (Wildman–Crippen LogP) is 1.75. The number of carbonyl (C=O) groups is 2. The topological polar surface area (TPSA) is 79.3 Å². The number of carboxylic acid groups (broad SMARTS) is 1. The summed E-state index contributed by atoms with van der Waals surface area (Å²) in [6.45, 7) is 1.75. The summed E-state index contributed by atoms with van der Waals surface area (Å²) in [6.07, 6.45) is 4.41. The quantitative estimate of drug-likeness (QED) is 0.872. The van der Waals surface area contributed by atoms with E-state index < -0.39 is 5.97 Å². The molecule has 0 radical (unpaired) electrons. The Hall–Kier alpha value is -1.43. The maximum atomic E-state index is 11.8. The van der Waals surface area contributed by atoms with Crippen molar-refractivity contribution >= 4 is 23.2 Å². The molecule has 1 heterocycles. The SMILES string of the molecule is Cc1nc(CC(=O)NC2CCCC2)c(C(=O)O)s1. The highest BCUT2D eigenvalue weighted by Gasteiger charge is 2.21. The molecule has 0 bridgehead atoms. The van der Waals surface area contributed by atoms with Crippen molar-refractivity contribution in [3.05, 3.63) is 15.6 Å². The first-order valence-corrected chi connectivity index (χ1v) is 6.87. The molecule has 1 fully saturated rings. The highest BCUT2D eigenvalue weighted by molar-refractivity contribution is 7.13. The average Bonchev–Trinajstić information content (AvgIpc) is 2.88. The van der Waals surface area contributed by atoms with Gasteiger partial charge in [0.2, 0.25) is 5.91 Å². The van der Waals surface area contributed by atoms with Crippen molar-refractivity contribution in [3.8, 4) is 0 Å². The van der Waals surface area contributed by atoms with Crippen LogP contribution in [0.5, 0.6) is 0 Å². The fraction of sp³-hybridized carbons (Fsp3) is 0.583. The normalized spacial score (nSPS) is 15.8. The van der Waals surface area contributed by atoms with Gasteiger partial charge in [0.05, 0.1) is 17.1 Å². The summed E-state index contributed by atoms with van der Waals surface area (Å²) in [5, 5.41) is 12.6. The minimum Gasteiger partial charge on any atom is -0.477 e. The highest BCUT2D eigenvalue weighted by atomic mass is 32.1. The largest absolute Gasteiger partial charge is 0.477 e. The summed E-state index contributed by atoms with van der Waals surface area (Å²) in [4.78, 5) is 27.1. The molecule has 0 unspecified atom stereocenters. The third kappa shape index (κ3) is 3.07. The number of hydrogen-bond acceptors (Lipinski definition) is 4. The van der Waals surface area contributed by atoms with Crippen molar-refractivity contribution in [1.82, 2.24) is 10.3 Å². The number of carbonyl (C=O) groups excluding carboxylic acids is 1. The third-order valence-electron chi connectivity index (χ3n) is 3.05. The Kier molecular flexibility index (Phi) is 3.96. The van der Waals surface area contributed by atoms with Gasteiger partial charge in [0.1, 0.15) is 4.88 Å². The van der Waals surface area contributed by atoms with Gasteiger partial charge in [0.25, 0.3) is 0 Å². The van der Waals surface area contributed by atoms with E-state index in [2.05, 4.69) is 10.3 Å². The molecule has 2 N–H and O–H groups in total. The summed E-state index contributed by atoms with van der Waals surface area (Å²) in [5.74, 6) is -1.14. The van der Waals surface area contributed by atoms with E-state index in [0.29, 0.717) is 10.7 Å². The lowest BCUT2D eigenvalue weighted by Crippen LogP contribution is -2.34. The second kappa shape index (κ2) is 5.48. The van der Waals surface area contributed by atoms with E-state index in [9.17, 15) is 9.59 Å². The third-order valence-corrected chi connectivity index (χ3v) is 4.05. The first kappa shape index (κ1) is 13.0. The van der Waals surface area contributed by atoms with Gasteiger partial charge in [-0.25, -0.2) is 9.78 Å². The van der Waals surface area contributed by atoms with Crippen LogP contribution in [0.2, 0.25) is 0 Å². The Morgan fingerprint density at radius 2 is 2.11 bits per heavy atom. The van der Waals surface area contributed by atoms with Crippen LogP contribution in [0.15, 0.2) is 0 Å². The van der Waals surface area contributed by atoms with E-state index >= 15 is 0 Å². The van der Waals surface area contributed by atoms with E-state index in [1.54, 1.807) is 6.92 Å². The van der Waals surface area contributed by atoms with Crippen LogP contribution in [0.25, 0.3) is 0 Å². The van der Waals surface area contributed by atoms with Crippen molar-refractivity contribution in [1.29, 1.82) is 0 Å². The molecule has 1 amide bonds. The number of nitrogens with one attached hydrogen (secondary N) is 1. The molecule has 5 nitrogen and oxygen atoms in total. The number of hydrogen-bond donors (Lipinski definition) is 2. The van der Waals surface area contributed by atoms with Crippen molar-refractivity contribution in [2.24, 2.45) is 0 Å². The zero-order valence-electron chi connectivity index (χ0n) is 10.2. The molecule has 1 aromatic rings. The number of aromatic nitrogens is 1. The van der Waals surface area contributed by atoms with Crippen molar-refractivity contribution in [3.63, 3.8) is 0 Å². The molecular formula is C12H16N2O3S. The number of thiazole rings is 1. The zero-order valence-corrected chi connectivity index (χ0v) is 11.0. The van der Waals surface area contributed by atoms with Crippen LogP contribution >= 0.6 is 11.3 Å². The average molecular weight is 268 g/mol. The standard InChI is InChI=1S/C12H16N2O3S/c1-7-13-9(11(18-7)12(16)17)6-10(15)14-8-4-2-3-5-8/h8H,2-6H2,1H3,(H,14,15)(H,16,17). The van der Waals surface area contributed by atoms with Gasteiger partial charge in [0, 0.05) is 6.04 Å². The van der Waals surface area contributed by atoms with Crippen LogP contribution in [0.1, 0.15) is 46.1 Å². The lowest BCUT2D eigenvalue weighted by Gasteiger charge is -2.11. The molecule has 6 heteroatoms. The van der Waals surface area contributed by atoms with Crippen LogP contribution in [-0.2, 0) is 11.2 Å². The number of carboxylic acids is 1. The molecule has 2 rings (SSSR count). The molecule has 0 spiro atoms. The number of aryl methyl sites for hydroxylation is 1. The van der Waals surface area contributed by atoms with Crippen LogP contribution in [-0.4, -0.2) is 28.0 Å². The van der Waals surface area contributed by atoms with Crippen molar-refractivity contribution in [2.75, 3.05) is 0 Å². The van der Waals surface area contributed by atoms with Gasteiger partial charge in [-0.1, -0.05) is 12.8 Å². The molecule has 1 aliphatic carbocycles. The van der Waals surface area contributed by atoms with Gasteiger partial charge in [-0.3, -0.25) is 4.79 Å². The van der Waals surface area contributed by atoms with Crippen LogP contribution in [0, 0.1) is 6.92 Å². The van der Waals surface area contributed by atoms with Gasteiger partial charge in [-0.05, 0) is 19.8 Å². The summed E-state index contributed by atoms with van der Waals surface area (Å²) in [5.41, 5.74) is 0.375. The monoisotopic (exact) mass is 268 g/mol. The van der Waals surface area contributed by atoms with E-state index in [0.717, 1.165) is 37.0 Å². The second-order valence-electron chi connectivity index (χ2n) is 4.54. The molecule has 0 saturated heterocycles. The second-order valence-corrected chi connectivity index (χ2v) is 5.74. The van der Waals surface area contributed by atoms with Crippen LogP contribution < -0.4 is 5.32 Å². The minimum atomic E-state index is -1.01. The van der Waals surface area contributed by atoms with Crippen molar-refractivity contribution in [2.45, 2.75) is 45.1 Å². The molecular weight excluding hydrogens is 252 g/mol. The first-order valence-electron chi connectivity index (χ1n) is 6.05. The fourth-order valence-corrected chi connectivity index (χ4v) is 3.03. The smallest absolute Gasteiger partial charge is 0.347 e. The Labute approximate surface area is 109 Å². The minimum absolute atomic E-state index is 0.0580. The first-order chi connectivity index (χ1) is 8.56. The van der Waals surface area contributed by atoms with Gasteiger partial charge >= 0.3 is 5.97 Å². The van der Waals surface area contributed by atoms with Gasteiger partial charge < -0.3 is 10.4 Å². The molecule has 0 aliphatic heterocycles. The number of nitrogens with zero attached hydrogens (tertiary/aromatic N) is 1. The number of aromatic carboxylic acids is 1. The lowest BCUT2D eigenvalue weighted by atomic mass is 10.2. The van der Waals surface area contributed by atoms with Gasteiger partial charge in [0.15, 0.2) is 0 Å².